The molecule has 4 nitrogen and oxygen atoms in total. The topological polar surface area (TPSA) is 50.4 Å². The smallest absolute Gasteiger partial charge is 0.257 e. The highest BCUT2D eigenvalue weighted by molar-refractivity contribution is 5.85. The number of carbonyl (C=O) groups is 1. The molecule has 0 unspecified atom stereocenters. The summed E-state index contributed by atoms with van der Waals surface area (Å²) in [5, 5.41) is 5.74. The van der Waals surface area contributed by atoms with Gasteiger partial charge in [0.2, 0.25) is 0 Å². The molecule has 0 saturated heterocycles. The maximum atomic E-state index is 11.5. The van der Waals surface area contributed by atoms with Crippen LogP contribution in [-0.4, -0.2) is 32.7 Å². The molecule has 1 rings (SSSR count). The third-order valence-corrected chi connectivity index (χ3v) is 2.65. The Morgan fingerprint density at radius 2 is 1.74 bits per heavy atom. The van der Waals surface area contributed by atoms with Gasteiger partial charge in [0.05, 0.1) is 0 Å². The van der Waals surface area contributed by atoms with Crippen LogP contribution in [0, 0.1) is 20.8 Å². The monoisotopic (exact) mass is 286 g/mol. The molecule has 0 bridgehead atoms. The molecule has 108 valence electrons. The van der Waals surface area contributed by atoms with E-state index in [2.05, 4.69) is 22.8 Å². The second-order valence-electron chi connectivity index (χ2n) is 4.47. The van der Waals surface area contributed by atoms with Crippen LogP contribution in [0.1, 0.15) is 16.7 Å². The van der Waals surface area contributed by atoms with E-state index in [-0.39, 0.29) is 24.9 Å². The van der Waals surface area contributed by atoms with Crippen molar-refractivity contribution in [3.05, 3.63) is 28.8 Å². The van der Waals surface area contributed by atoms with E-state index in [0.29, 0.717) is 6.54 Å². The molecule has 0 radical (unpaired) electrons. The summed E-state index contributed by atoms with van der Waals surface area (Å²) < 4.78 is 5.58. The minimum absolute atomic E-state index is 0. The van der Waals surface area contributed by atoms with Crippen LogP contribution in [0.3, 0.4) is 0 Å². The molecular formula is C14H23ClN2O2. The van der Waals surface area contributed by atoms with Gasteiger partial charge in [-0.1, -0.05) is 17.7 Å². The van der Waals surface area contributed by atoms with E-state index in [4.69, 9.17) is 4.74 Å². The van der Waals surface area contributed by atoms with Crippen LogP contribution >= 0.6 is 12.4 Å². The Morgan fingerprint density at radius 1 is 1.16 bits per heavy atom. The maximum Gasteiger partial charge on any atom is 0.257 e. The van der Waals surface area contributed by atoms with E-state index in [9.17, 15) is 4.79 Å². The lowest BCUT2D eigenvalue weighted by Gasteiger charge is -2.13. The van der Waals surface area contributed by atoms with Crippen molar-refractivity contribution in [1.29, 1.82) is 0 Å². The van der Waals surface area contributed by atoms with Crippen molar-refractivity contribution in [2.45, 2.75) is 20.8 Å². The van der Waals surface area contributed by atoms with Crippen LogP contribution in [0.4, 0.5) is 0 Å². The minimum atomic E-state index is -0.0929. The van der Waals surface area contributed by atoms with Crippen molar-refractivity contribution < 1.29 is 9.53 Å². The van der Waals surface area contributed by atoms with Crippen molar-refractivity contribution in [2.24, 2.45) is 0 Å². The summed E-state index contributed by atoms with van der Waals surface area (Å²) in [6.45, 7) is 7.48. The average molecular weight is 287 g/mol. The molecule has 0 fully saturated rings. The van der Waals surface area contributed by atoms with Crippen molar-refractivity contribution >= 4 is 18.3 Å². The van der Waals surface area contributed by atoms with Gasteiger partial charge in [0.25, 0.3) is 5.91 Å². The van der Waals surface area contributed by atoms with Gasteiger partial charge >= 0.3 is 0 Å². The predicted molar refractivity (Wildman–Crippen MR) is 80.3 cm³/mol. The van der Waals surface area contributed by atoms with Gasteiger partial charge in [-0.15, -0.1) is 12.4 Å². The van der Waals surface area contributed by atoms with E-state index in [1.807, 2.05) is 27.8 Å². The van der Waals surface area contributed by atoms with Gasteiger partial charge in [-0.05, 0) is 38.9 Å². The van der Waals surface area contributed by atoms with E-state index in [1.165, 1.54) is 5.56 Å². The molecule has 0 saturated carbocycles. The fourth-order valence-electron chi connectivity index (χ4n) is 1.91. The number of amides is 1. The first-order chi connectivity index (χ1) is 8.54. The second kappa shape index (κ2) is 8.77. The Morgan fingerprint density at radius 3 is 2.26 bits per heavy atom. The Labute approximate surface area is 121 Å². The minimum Gasteiger partial charge on any atom is -0.483 e. The van der Waals surface area contributed by atoms with Gasteiger partial charge in [0, 0.05) is 13.1 Å². The zero-order valence-corrected chi connectivity index (χ0v) is 12.8. The first-order valence-corrected chi connectivity index (χ1v) is 6.16. The molecule has 0 spiro atoms. The van der Waals surface area contributed by atoms with Gasteiger partial charge in [-0.3, -0.25) is 4.79 Å². The highest BCUT2D eigenvalue weighted by Crippen LogP contribution is 2.24. The number of nitrogens with one attached hydrogen (secondary N) is 2. The third-order valence-electron chi connectivity index (χ3n) is 2.65. The van der Waals surface area contributed by atoms with Crippen LogP contribution in [0.2, 0.25) is 0 Å². The van der Waals surface area contributed by atoms with Gasteiger partial charge in [0.15, 0.2) is 6.61 Å². The standard InChI is InChI=1S/C14H22N2O2.ClH/c1-10-7-11(2)14(12(3)8-10)18-9-13(17)16-6-5-15-4;/h7-8,15H,5-6,9H2,1-4H3,(H,16,17);1H. The fraction of sp³-hybridized carbons (Fsp3) is 0.500. The average Bonchev–Trinajstić information content (AvgIpc) is 2.27. The molecule has 0 atom stereocenters. The number of likely N-dealkylation sites (N-methyl/N-ethyl adjacent to an activating group) is 1. The molecule has 19 heavy (non-hydrogen) atoms. The van der Waals surface area contributed by atoms with Gasteiger partial charge < -0.3 is 15.4 Å². The van der Waals surface area contributed by atoms with E-state index in [0.717, 1.165) is 23.4 Å². The second-order valence-corrected chi connectivity index (χ2v) is 4.47. The van der Waals surface area contributed by atoms with E-state index < -0.39 is 0 Å². The lowest BCUT2D eigenvalue weighted by molar-refractivity contribution is -0.123. The Kier molecular flexibility index (Phi) is 8.19. The molecule has 0 heterocycles. The van der Waals surface area contributed by atoms with Crippen molar-refractivity contribution in [1.82, 2.24) is 10.6 Å². The highest BCUT2D eigenvalue weighted by atomic mass is 35.5. The molecular weight excluding hydrogens is 264 g/mol. The number of rotatable bonds is 6. The normalized spacial score (nSPS) is 9.68. The van der Waals surface area contributed by atoms with Crippen molar-refractivity contribution in [3.63, 3.8) is 0 Å². The van der Waals surface area contributed by atoms with Gasteiger partial charge in [-0.2, -0.15) is 0 Å². The number of hydrogen-bond acceptors (Lipinski definition) is 3. The number of halogens is 1. The summed E-state index contributed by atoms with van der Waals surface area (Å²) in [6.07, 6.45) is 0. The molecule has 2 N–H and O–H groups in total. The Hall–Kier alpha value is -1.26. The molecule has 1 aromatic carbocycles. The summed E-state index contributed by atoms with van der Waals surface area (Å²) in [5.41, 5.74) is 3.34. The lowest BCUT2D eigenvalue weighted by Crippen LogP contribution is -2.34. The van der Waals surface area contributed by atoms with Gasteiger partial charge in [-0.25, -0.2) is 0 Å². The molecule has 5 heteroatoms. The molecule has 0 aliphatic rings. The number of hydrogen-bond donors (Lipinski definition) is 2. The number of aryl methyl sites for hydroxylation is 3. The Balaban J connectivity index is 0.00000324. The summed E-state index contributed by atoms with van der Waals surface area (Å²) in [4.78, 5) is 11.5. The van der Waals surface area contributed by atoms with Crippen LogP contribution < -0.4 is 15.4 Å². The summed E-state index contributed by atoms with van der Waals surface area (Å²) >= 11 is 0. The zero-order valence-electron chi connectivity index (χ0n) is 12.0. The molecule has 1 amide bonds. The van der Waals surface area contributed by atoms with E-state index in [1.54, 1.807) is 0 Å². The van der Waals surface area contributed by atoms with Crippen LogP contribution in [-0.2, 0) is 4.79 Å². The van der Waals surface area contributed by atoms with Crippen LogP contribution in [0.25, 0.3) is 0 Å². The van der Waals surface area contributed by atoms with Crippen molar-refractivity contribution in [3.8, 4) is 5.75 Å². The summed E-state index contributed by atoms with van der Waals surface area (Å²) in [6, 6.07) is 4.11. The first kappa shape index (κ1) is 17.7. The predicted octanol–water partition coefficient (Wildman–Crippen LogP) is 1.75. The van der Waals surface area contributed by atoms with Gasteiger partial charge in [0.1, 0.15) is 5.75 Å². The maximum absolute atomic E-state index is 11.5. The number of ether oxygens (including phenoxy) is 1. The fourth-order valence-corrected chi connectivity index (χ4v) is 1.91. The number of benzene rings is 1. The highest BCUT2D eigenvalue weighted by Gasteiger charge is 2.07. The Bertz CT molecular complexity index is 399. The summed E-state index contributed by atoms with van der Waals surface area (Å²) in [5.74, 6) is 0.717. The zero-order chi connectivity index (χ0) is 13.5. The largest absolute Gasteiger partial charge is 0.483 e. The SMILES string of the molecule is CNCCNC(=O)COc1c(C)cc(C)cc1C.Cl. The van der Waals surface area contributed by atoms with E-state index >= 15 is 0 Å². The van der Waals surface area contributed by atoms with Crippen LogP contribution in [0.5, 0.6) is 5.75 Å². The lowest BCUT2D eigenvalue weighted by atomic mass is 10.1. The molecule has 0 aliphatic carbocycles. The first-order valence-electron chi connectivity index (χ1n) is 6.16. The third kappa shape index (κ3) is 5.94. The number of carbonyl (C=O) groups excluding carboxylic acids is 1. The quantitative estimate of drug-likeness (QED) is 0.784. The summed E-state index contributed by atoms with van der Waals surface area (Å²) in [7, 11) is 1.85. The molecule has 0 aliphatic heterocycles. The molecule has 1 aromatic rings. The molecule has 0 aromatic heterocycles. The van der Waals surface area contributed by atoms with Crippen molar-refractivity contribution in [2.75, 3.05) is 26.7 Å². The van der Waals surface area contributed by atoms with Crippen LogP contribution in [0.15, 0.2) is 12.1 Å².